The predicted molar refractivity (Wildman–Crippen MR) is 65.4 cm³/mol. The number of nitrogens with zero attached hydrogens (tertiary/aromatic N) is 1. The standard InChI is InChI=1S/C11H8Cl2N2O2/c1-17-11(16)10-8(5-14-15-10)7-3-2-6(12)4-9(7)13/h2-5H,1H3,(H,14,15). The van der Waals surface area contributed by atoms with E-state index in [1.165, 1.54) is 13.3 Å². The van der Waals surface area contributed by atoms with Gasteiger partial charge in [-0.3, -0.25) is 5.10 Å². The highest BCUT2D eigenvalue weighted by atomic mass is 35.5. The molecule has 0 aliphatic carbocycles. The summed E-state index contributed by atoms with van der Waals surface area (Å²) >= 11 is 11.9. The van der Waals surface area contributed by atoms with Crippen LogP contribution in [-0.2, 0) is 4.74 Å². The highest BCUT2D eigenvalue weighted by Gasteiger charge is 2.17. The number of nitrogens with one attached hydrogen (secondary N) is 1. The van der Waals surface area contributed by atoms with Gasteiger partial charge in [-0.05, 0) is 12.1 Å². The Morgan fingerprint density at radius 2 is 2.12 bits per heavy atom. The first-order valence-electron chi connectivity index (χ1n) is 4.70. The van der Waals surface area contributed by atoms with Crippen molar-refractivity contribution in [2.24, 2.45) is 0 Å². The third-order valence-electron chi connectivity index (χ3n) is 2.25. The van der Waals surface area contributed by atoms with Crippen LogP contribution in [0.25, 0.3) is 11.1 Å². The molecule has 4 nitrogen and oxygen atoms in total. The largest absolute Gasteiger partial charge is 0.464 e. The number of benzene rings is 1. The third-order valence-corrected chi connectivity index (χ3v) is 2.80. The number of halogens is 2. The van der Waals surface area contributed by atoms with E-state index in [9.17, 15) is 4.79 Å². The molecule has 0 radical (unpaired) electrons. The van der Waals surface area contributed by atoms with E-state index in [4.69, 9.17) is 23.2 Å². The molecule has 0 unspecified atom stereocenters. The molecule has 0 aliphatic heterocycles. The number of ether oxygens (including phenoxy) is 1. The van der Waals surface area contributed by atoms with Gasteiger partial charge < -0.3 is 4.74 Å². The van der Waals surface area contributed by atoms with Crippen molar-refractivity contribution >= 4 is 29.2 Å². The van der Waals surface area contributed by atoms with Crippen LogP contribution in [0.4, 0.5) is 0 Å². The van der Waals surface area contributed by atoms with Crippen molar-refractivity contribution in [3.8, 4) is 11.1 Å². The number of hydrogen-bond donors (Lipinski definition) is 1. The molecule has 2 rings (SSSR count). The molecule has 0 fully saturated rings. The molecule has 1 aromatic heterocycles. The Morgan fingerprint density at radius 1 is 1.35 bits per heavy atom. The lowest BCUT2D eigenvalue weighted by Crippen LogP contribution is -2.03. The lowest BCUT2D eigenvalue weighted by Gasteiger charge is -2.04. The lowest BCUT2D eigenvalue weighted by atomic mass is 10.1. The van der Waals surface area contributed by atoms with Gasteiger partial charge in [-0.1, -0.05) is 29.3 Å². The maximum atomic E-state index is 11.5. The zero-order valence-corrected chi connectivity index (χ0v) is 10.3. The predicted octanol–water partition coefficient (Wildman–Crippen LogP) is 3.17. The average molecular weight is 271 g/mol. The first kappa shape index (κ1) is 12.0. The van der Waals surface area contributed by atoms with Gasteiger partial charge in [0.25, 0.3) is 0 Å². The van der Waals surface area contributed by atoms with Crippen molar-refractivity contribution < 1.29 is 9.53 Å². The number of esters is 1. The van der Waals surface area contributed by atoms with E-state index < -0.39 is 5.97 Å². The fourth-order valence-electron chi connectivity index (χ4n) is 1.46. The summed E-state index contributed by atoms with van der Waals surface area (Å²) in [5, 5.41) is 7.37. The summed E-state index contributed by atoms with van der Waals surface area (Å²) in [5.74, 6) is -0.497. The molecule has 88 valence electrons. The zero-order chi connectivity index (χ0) is 12.4. The van der Waals surface area contributed by atoms with Crippen LogP contribution in [-0.4, -0.2) is 23.3 Å². The lowest BCUT2D eigenvalue weighted by molar-refractivity contribution is 0.0595. The van der Waals surface area contributed by atoms with Crippen LogP contribution < -0.4 is 0 Å². The third kappa shape index (κ3) is 2.28. The highest BCUT2D eigenvalue weighted by molar-refractivity contribution is 6.36. The number of rotatable bonds is 2. The fraction of sp³-hybridized carbons (Fsp3) is 0.0909. The zero-order valence-electron chi connectivity index (χ0n) is 8.83. The first-order valence-corrected chi connectivity index (χ1v) is 5.46. The van der Waals surface area contributed by atoms with Gasteiger partial charge in [0, 0.05) is 16.1 Å². The van der Waals surface area contributed by atoms with Gasteiger partial charge in [0.05, 0.1) is 18.3 Å². The van der Waals surface area contributed by atoms with Crippen LogP contribution in [0.5, 0.6) is 0 Å². The summed E-state index contributed by atoms with van der Waals surface area (Å²) in [7, 11) is 1.30. The van der Waals surface area contributed by atoms with Crippen molar-refractivity contribution in [2.75, 3.05) is 7.11 Å². The quantitative estimate of drug-likeness (QED) is 0.853. The maximum absolute atomic E-state index is 11.5. The number of aromatic amines is 1. The molecule has 1 N–H and O–H groups in total. The summed E-state index contributed by atoms with van der Waals surface area (Å²) in [6.45, 7) is 0. The summed E-state index contributed by atoms with van der Waals surface area (Å²) in [5.41, 5.74) is 1.51. The second kappa shape index (κ2) is 4.77. The highest BCUT2D eigenvalue weighted by Crippen LogP contribution is 2.31. The normalized spacial score (nSPS) is 10.3. The number of aromatic nitrogens is 2. The summed E-state index contributed by atoms with van der Waals surface area (Å²) < 4.78 is 4.64. The van der Waals surface area contributed by atoms with Crippen molar-refractivity contribution in [3.63, 3.8) is 0 Å². The van der Waals surface area contributed by atoms with Crippen molar-refractivity contribution in [2.45, 2.75) is 0 Å². The Bertz CT molecular complexity index is 566. The van der Waals surface area contributed by atoms with Gasteiger partial charge >= 0.3 is 5.97 Å². The number of hydrogen-bond acceptors (Lipinski definition) is 3. The molecule has 0 saturated heterocycles. The number of H-pyrrole nitrogens is 1. The summed E-state index contributed by atoms with van der Waals surface area (Å²) in [4.78, 5) is 11.5. The monoisotopic (exact) mass is 270 g/mol. The van der Waals surface area contributed by atoms with Crippen LogP contribution in [0.15, 0.2) is 24.4 Å². The molecule has 0 amide bonds. The fourth-order valence-corrected chi connectivity index (χ4v) is 1.97. The van der Waals surface area contributed by atoms with E-state index in [2.05, 4.69) is 14.9 Å². The van der Waals surface area contributed by atoms with Crippen molar-refractivity contribution in [1.82, 2.24) is 10.2 Å². The smallest absolute Gasteiger partial charge is 0.356 e. The van der Waals surface area contributed by atoms with E-state index in [0.717, 1.165) is 0 Å². The van der Waals surface area contributed by atoms with Gasteiger partial charge in [0.1, 0.15) is 0 Å². The topological polar surface area (TPSA) is 55.0 Å². The van der Waals surface area contributed by atoms with Crippen LogP contribution in [0.2, 0.25) is 10.0 Å². The molecule has 6 heteroatoms. The van der Waals surface area contributed by atoms with Crippen molar-refractivity contribution in [1.29, 1.82) is 0 Å². The second-order valence-corrected chi connectivity index (χ2v) is 4.12. The van der Waals surface area contributed by atoms with Gasteiger partial charge in [0.2, 0.25) is 0 Å². The Morgan fingerprint density at radius 3 is 2.76 bits per heavy atom. The molecule has 0 saturated carbocycles. The van der Waals surface area contributed by atoms with Crippen LogP contribution in [0.3, 0.4) is 0 Å². The Balaban J connectivity index is 2.53. The molecule has 0 atom stereocenters. The molecule has 1 heterocycles. The molecular formula is C11H8Cl2N2O2. The Hall–Kier alpha value is -1.52. The average Bonchev–Trinajstić information content (AvgIpc) is 2.77. The molecule has 0 spiro atoms. The van der Waals surface area contributed by atoms with Gasteiger partial charge in [-0.15, -0.1) is 0 Å². The van der Waals surface area contributed by atoms with E-state index >= 15 is 0 Å². The van der Waals surface area contributed by atoms with Crippen LogP contribution >= 0.6 is 23.2 Å². The minimum atomic E-state index is -0.497. The van der Waals surface area contributed by atoms with E-state index in [0.29, 0.717) is 21.2 Å². The molecule has 0 bridgehead atoms. The van der Waals surface area contributed by atoms with E-state index in [1.54, 1.807) is 18.2 Å². The molecule has 2 aromatic rings. The number of methoxy groups -OCH3 is 1. The SMILES string of the molecule is COC(=O)c1[nH]ncc1-c1ccc(Cl)cc1Cl. The Labute approximate surface area is 107 Å². The van der Waals surface area contributed by atoms with Crippen LogP contribution in [0.1, 0.15) is 10.5 Å². The summed E-state index contributed by atoms with van der Waals surface area (Å²) in [6, 6.07) is 5.02. The van der Waals surface area contributed by atoms with E-state index in [1.807, 2.05) is 0 Å². The Kier molecular flexibility index (Phi) is 3.36. The minimum absolute atomic E-state index is 0.261. The van der Waals surface area contributed by atoms with Gasteiger partial charge in [0.15, 0.2) is 5.69 Å². The van der Waals surface area contributed by atoms with Gasteiger partial charge in [-0.2, -0.15) is 5.10 Å². The summed E-state index contributed by atoms with van der Waals surface area (Å²) in [6.07, 6.45) is 1.52. The molecule has 1 aromatic carbocycles. The number of carbonyl (C=O) groups is 1. The minimum Gasteiger partial charge on any atom is -0.464 e. The maximum Gasteiger partial charge on any atom is 0.356 e. The molecular weight excluding hydrogens is 263 g/mol. The van der Waals surface area contributed by atoms with Crippen molar-refractivity contribution in [3.05, 3.63) is 40.1 Å². The van der Waals surface area contributed by atoms with Crippen LogP contribution in [0, 0.1) is 0 Å². The van der Waals surface area contributed by atoms with E-state index in [-0.39, 0.29) is 5.69 Å². The molecule has 17 heavy (non-hydrogen) atoms. The van der Waals surface area contributed by atoms with Gasteiger partial charge in [-0.25, -0.2) is 4.79 Å². The number of carbonyl (C=O) groups excluding carboxylic acids is 1. The first-order chi connectivity index (χ1) is 8.13. The molecule has 0 aliphatic rings. The second-order valence-electron chi connectivity index (χ2n) is 3.27.